The van der Waals surface area contributed by atoms with Gasteiger partial charge in [-0.2, -0.15) is 0 Å². The van der Waals surface area contributed by atoms with Crippen LogP contribution in [0.15, 0.2) is 0 Å². The monoisotopic (exact) mass is 187 g/mol. The number of hydrogen-bond acceptors (Lipinski definition) is 3. The molecule has 1 aliphatic carbocycles. The first-order valence-corrected chi connectivity index (χ1v) is 5.25. The highest BCUT2D eigenvalue weighted by molar-refractivity contribution is 4.73. The van der Waals surface area contributed by atoms with E-state index in [1.807, 2.05) is 0 Å². The molecule has 3 nitrogen and oxygen atoms in total. The first-order chi connectivity index (χ1) is 6.18. The summed E-state index contributed by atoms with van der Waals surface area (Å²) in [5, 5.41) is 21.5. The van der Waals surface area contributed by atoms with Crippen molar-refractivity contribution in [3.05, 3.63) is 0 Å². The third kappa shape index (κ3) is 4.60. The van der Waals surface area contributed by atoms with E-state index in [2.05, 4.69) is 5.32 Å². The fraction of sp³-hybridized carbons (Fsp3) is 1.00. The Morgan fingerprint density at radius 1 is 1.31 bits per heavy atom. The molecule has 1 unspecified atom stereocenters. The Balaban J connectivity index is 2.02. The van der Waals surface area contributed by atoms with E-state index in [1.165, 1.54) is 0 Å². The number of rotatable bonds is 4. The molecule has 0 spiro atoms. The van der Waals surface area contributed by atoms with E-state index in [0.29, 0.717) is 12.5 Å². The van der Waals surface area contributed by atoms with Crippen LogP contribution in [-0.4, -0.2) is 35.5 Å². The lowest BCUT2D eigenvalue weighted by Gasteiger charge is -2.25. The molecule has 1 saturated carbocycles. The van der Waals surface area contributed by atoms with Crippen LogP contribution in [-0.2, 0) is 0 Å². The Kier molecular flexibility index (Phi) is 4.70. The van der Waals surface area contributed by atoms with E-state index in [0.717, 1.165) is 32.2 Å². The van der Waals surface area contributed by atoms with Gasteiger partial charge in [0.05, 0.1) is 12.2 Å². The first-order valence-electron chi connectivity index (χ1n) is 5.25. The van der Waals surface area contributed by atoms with Crippen molar-refractivity contribution < 1.29 is 10.2 Å². The van der Waals surface area contributed by atoms with Gasteiger partial charge in [-0.05, 0) is 45.1 Å². The van der Waals surface area contributed by atoms with Crippen molar-refractivity contribution in [1.29, 1.82) is 0 Å². The average molecular weight is 187 g/mol. The average Bonchev–Trinajstić information content (AvgIpc) is 2.08. The summed E-state index contributed by atoms with van der Waals surface area (Å²) in [5.74, 6) is 0.696. The Bertz CT molecular complexity index is 131. The second kappa shape index (κ2) is 5.58. The summed E-state index contributed by atoms with van der Waals surface area (Å²) in [4.78, 5) is 0. The zero-order valence-corrected chi connectivity index (χ0v) is 8.37. The number of nitrogens with one attached hydrogen (secondary N) is 1. The lowest BCUT2D eigenvalue weighted by Crippen LogP contribution is -2.32. The van der Waals surface area contributed by atoms with Gasteiger partial charge in [-0.25, -0.2) is 0 Å². The Morgan fingerprint density at radius 3 is 2.46 bits per heavy atom. The molecule has 0 radical (unpaired) electrons. The minimum Gasteiger partial charge on any atom is -0.393 e. The molecule has 0 aliphatic heterocycles. The van der Waals surface area contributed by atoms with Crippen LogP contribution in [0.5, 0.6) is 0 Å². The predicted molar refractivity (Wildman–Crippen MR) is 52.5 cm³/mol. The van der Waals surface area contributed by atoms with Gasteiger partial charge >= 0.3 is 0 Å². The highest BCUT2D eigenvalue weighted by atomic mass is 16.3. The van der Waals surface area contributed by atoms with Crippen molar-refractivity contribution in [2.75, 3.05) is 13.1 Å². The van der Waals surface area contributed by atoms with E-state index in [9.17, 15) is 5.11 Å². The van der Waals surface area contributed by atoms with Gasteiger partial charge in [-0.1, -0.05) is 0 Å². The van der Waals surface area contributed by atoms with E-state index in [-0.39, 0.29) is 12.2 Å². The quantitative estimate of drug-likeness (QED) is 0.601. The van der Waals surface area contributed by atoms with Gasteiger partial charge in [-0.3, -0.25) is 0 Å². The summed E-state index contributed by atoms with van der Waals surface area (Å²) in [6, 6.07) is 0. The molecule has 3 N–H and O–H groups in total. The number of hydrogen-bond donors (Lipinski definition) is 3. The maximum absolute atomic E-state index is 9.28. The zero-order chi connectivity index (χ0) is 9.68. The highest BCUT2D eigenvalue weighted by Crippen LogP contribution is 2.23. The molecule has 0 aromatic heterocycles. The Morgan fingerprint density at radius 2 is 1.92 bits per heavy atom. The molecule has 1 rings (SSSR count). The molecule has 0 aromatic carbocycles. The summed E-state index contributed by atoms with van der Waals surface area (Å²) in [6.45, 7) is 3.45. The molecule has 0 saturated heterocycles. The van der Waals surface area contributed by atoms with E-state index >= 15 is 0 Å². The second-order valence-electron chi connectivity index (χ2n) is 4.18. The molecule has 78 valence electrons. The summed E-state index contributed by atoms with van der Waals surface area (Å²) in [6.07, 6.45) is 3.81. The second-order valence-corrected chi connectivity index (χ2v) is 4.18. The van der Waals surface area contributed by atoms with Gasteiger partial charge in [0.25, 0.3) is 0 Å². The molecule has 1 fully saturated rings. The fourth-order valence-corrected chi connectivity index (χ4v) is 1.85. The molecule has 13 heavy (non-hydrogen) atoms. The maximum Gasteiger partial charge on any atom is 0.0636 e. The van der Waals surface area contributed by atoms with Gasteiger partial charge in [-0.15, -0.1) is 0 Å². The lowest BCUT2D eigenvalue weighted by molar-refractivity contribution is 0.106. The van der Waals surface area contributed by atoms with Gasteiger partial charge in [0.15, 0.2) is 0 Å². The third-order valence-electron chi connectivity index (χ3n) is 2.69. The highest BCUT2D eigenvalue weighted by Gasteiger charge is 2.18. The van der Waals surface area contributed by atoms with Crippen LogP contribution in [0.4, 0.5) is 0 Å². The molecular formula is C10H21NO2. The normalized spacial score (nSPS) is 31.6. The minimum absolute atomic E-state index is 0.0620. The molecule has 1 atom stereocenters. The van der Waals surface area contributed by atoms with Gasteiger partial charge < -0.3 is 15.5 Å². The first kappa shape index (κ1) is 11.0. The predicted octanol–water partition coefficient (Wildman–Crippen LogP) is 0.508. The SMILES string of the molecule is CC(O)CNCC1CCC(O)CC1. The Labute approximate surface area is 80.2 Å². The van der Waals surface area contributed by atoms with Crippen molar-refractivity contribution in [3.63, 3.8) is 0 Å². The molecule has 3 heteroatoms. The summed E-state index contributed by atoms with van der Waals surface area (Å²) in [5.41, 5.74) is 0. The topological polar surface area (TPSA) is 52.5 Å². The molecule has 0 aromatic rings. The van der Waals surface area contributed by atoms with Gasteiger partial charge in [0.2, 0.25) is 0 Å². The largest absolute Gasteiger partial charge is 0.393 e. The van der Waals surface area contributed by atoms with Crippen molar-refractivity contribution >= 4 is 0 Å². The smallest absolute Gasteiger partial charge is 0.0636 e. The summed E-state index contributed by atoms with van der Waals surface area (Å²) in [7, 11) is 0. The van der Waals surface area contributed by atoms with E-state index in [4.69, 9.17) is 5.11 Å². The summed E-state index contributed by atoms with van der Waals surface area (Å²) >= 11 is 0. The molecule has 0 heterocycles. The molecule has 0 bridgehead atoms. The number of aliphatic hydroxyl groups excluding tert-OH is 2. The van der Waals surface area contributed by atoms with Crippen LogP contribution in [0.3, 0.4) is 0 Å². The van der Waals surface area contributed by atoms with Gasteiger partial charge in [0.1, 0.15) is 0 Å². The van der Waals surface area contributed by atoms with Crippen LogP contribution >= 0.6 is 0 Å². The summed E-state index contributed by atoms with van der Waals surface area (Å²) < 4.78 is 0. The van der Waals surface area contributed by atoms with Crippen LogP contribution in [0.1, 0.15) is 32.6 Å². The molecule has 1 aliphatic rings. The van der Waals surface area contributed by atoms with Crippen molar-refractivity contribution in [2.24, 2.45) is 5.92 Å². The standard InChI is InChI=1S/C10H21NO2/c1-8(12)6-11-7-9-2-4-10(13)5-3-9/h8-13H,2-7H2,1H3. The van der Waals surface area contributed by atoms with Crippen molar-refractivity contribution in [1.82, 2.24) is 5.32 Å². The van der Waals surface area contributed by atoms with Crippen LogP contribution in [0.25, 0.3) is 0 Å². The lowest BCUT2D eigenvalue weighted by atomic mass is 9.87. The van der Waals surface area contributed by atoms with Crippen LogP contribution in [0.2, 0.25) is 0 Å². The molecule has 0 amide bonds. The maximum atomic E-state index is 9.28. The molecular weight excluding hydrogens is 166 g/mol. The van der Waals surface area contributed by atoms with Gasteiger partial charge in [0, 0.05) is 6.54 Å². The van der Waals surface area contributed by atoms with E-state index < -0.39 is 0 Å². The van der Waals surface area contributed by atoms with Crippen molar-refractivity contribution in [3.8, 4) is 0 Å². The van der Waals surface area contributed by atoms with Crippen LogP contribution < -0.4 is 5.32 Å². The third-order valence-corrected chi connectivity index (χ3v) is 2.69. The fourth-order valence-electron chi connectivity index (χ4n) is 1.85. The minimum atomic E-state index is -0.255. The van der Waals surface area contributed by atoms with Crippen molar-refractivity contribution in [2.45, 2.75) is 44.8 Å². The Hall–Kier alpha value is -0.120. The van der Waals surface area contributed by atoms with Crippen LogP contribution in [0, 0.1) is 5.92 Å². The number of aliphatic hydroxyl groups is 2. The zero-order valence-electron chi connectivity index (χ0n) is 8.37. The van der Waals surface area contributed by atoms with E-state index in [1.54, 1.807) is 6.92 Å².